The van der Waals surface area contributed by atoms with E-state index < -0.39 is 18.8 Å². The number of pyridine rings is 1. The molecule has 3 aromatic heterocycles. The Morgan fingerprint density at radius 3 is 2.55 bits per heavy atom. The summed E-state index contributed by atoms with van der Waals surface area (Å²) in [6, 6.07) is 9.81. The number of hydrogen-bond donors (Lipinski definition) is 2. The summed E-state index contributed by atoms with van der Waals surface area (Å²) >= 11 is 0. The van der Waals surface area contributed by atoms with E-state index in [1.165, 1.54) is 0 Å². The van der Waals surface area contributed by atoms with Crippen molar-refractivity contribution in [2.24, 2.45) is 7.05 Å². The van der Waals surface area contributed by atoms with E-state index in [2.05, 4.69) is 15.3 Å². The highest BCUT2D eigenvalue weighted by atomic mass is 35.5. The van der Waals surface area contributed by atoms with Gasteiger partial charge in [0.25, 0.3) is 0 Å². The zero-order valence-corrected chi connectivity index (χ0v) is 18.9. The molecule has 2 amide bonds. The monoisotopic (exact) mass is 478 g/mol. The minimum atomic E-state index is -4.47. The highest BCUT2D eigenvalue weighted by Crippen LogP contribution is 2.28. The van der Waals surface area contributed by atoms with Crippen LogP contribution in [0.2, 0.25) is 0 Å². The number of halogens is 4. The number of carbonyl (C=O) groups is 1. The molecule has 11 heteroatoms. The summed E-state index contributed by atoms with van der Waals surface area (Å²) in [7, 11) is 1.97. The molecule has 0 saturated carbocycles. The van der Waals surface area contributed by atoms with Crippen molar-refractivity contribution in [3.63, 3.8) is 0 Å². The molecule has 0 aliphatic heterocycles. The molecule has 0 aliphatic carbocycles. The van der Waals surface area contributed by atoms with Gasteiger partial charge in [-0.2, -0.15) is 13.2 Å². The van der Waals surface area contributed by atoms with Gasteiger partial charge in [0.2, 0.25) is 0 Å². The van der Waals surface area contributed by atoms with E-state index in [-0.39, 0.29) is 12.4 Å². The van der Waals surface area contributed by atoms with Gasteiger partial charge in [-0.15, -0.1) is 12.4 Å². The first-order valence-electron chi connectivity index (χ1n) is 9.82. The van der Waals surface area contributed by atoms with Crippen LogP contribution in [0.25, 0.3) is 28.2 Å². The minimum Gasteiger partial charge on any atom is -0.335 e. The summed E-state index contributed by atoms with van der Waals surface area (Å²) in [6.45, 7) is 2.57. The molecule has 33 heavy (non-hydrogen) atoms. The smallest absolute Gasteiger partial charge is 0.335 e. The summed E-state index contributed by atoms with van der Waals surface area (Å²) < 4.78 is 40.8. The molecule has 0 bridgehead atoms. The third-order valence-corrected chi connectivity index (χ3v) is 5.26. The predicted molar refractivity (Wildman–Crippen MR) is 123 cm³/mol. The Morgan fingerprint density at radius 2 is 1.88 bits per heavy atom. The molecule has 1 aromatic carbocycles. The molecule has 0 saturated heterocycles. The molecule has 7 nitrogen and oxygen atoms in total. The number of aromatic nitrogens is 4. The second-order valence-electron chi connectivity index (χ2n) is 7.44. The van der Waals surface area contributed by atoms with Gasteiger partial charge in [0.05, 0.1) is 17.6 Å². The molecule has 0 aliphatic rings. The lowest BCUT2D eigenvalue weighted by Gasteiger charge is -2.11. The number of alkyl halides is 3. The lowest BCUT2D eigenvalue weighted by atomic mass is 10.1. The Kier molecular flexibility index (Phi) is 6.68. The number of rotatable bonds is 4. The van der Waals surface area contributed by atoms with Crippen molar-refractivity contribution < 1.29 is 18.0 Å². The first-order chi connectivity index (χ1) is 15.1. The van der Waals surface area contributed by atoms with Gasteiger partial charge in [-0.1, -0.05) is 12.1 Å². The molecule has 3 heterocycles. The van der Waals surface area contributed by atoms with E-state index in [9.17, 15) is 18.0 Å². The lowest BCUT2D eigenvalue weighted by Crippen LogP contribution is -2.36. The van der Waals surface area contributed by atoms with E-state index in [0.29, 0.717) is 5.69 Å². The number of anilines is 1. The predicted octanol–water partition coefficient (Wildman–Crippen LogP) is 5.12. The Hall–Kier alpha value is -3.53. The number of amides is 2. The SMILES string of the molecule is Cc1nc(-c2ccn3c(-c4cccc(NC(=O)NCC(F)(F)F)c4)cnc3c2)c(C)n1C.Cl. The van der Waals surface area contributed by atoms with Crippen molar-refractivity contribution >= 4 is 29.8 Å². The number of imidazole rings is 2. The topological polar surface area (TPSA) is 76.2 Å². The van der Waals surface area contributed by atoms with Gasteiger partial charge in [0.1, 0.15) is 18.0 Å². The average molecular weight is 479 g/mol. The standard InChI is InChI=1S/C22H21F3N6O.ClH/c1-13-20(28-14(2)30(13)3)16-7-8-31-18(11-26-19(31)10-16)15-5-4-6-17(9-15)29-21(32)27-12-22(23,24)25;/h4-11H,12H2,1-3H3,(H2,27,29,32);1H. The van der Waals surface area contributed by atoms with Crippen molar-refractivity contribution in [1.29, 1.82) is 0 Å². The molecule has 0 fully saturated rings. The average Bonchev–Trinajstić information content (AvgIpc) is 3.28. The Labute approximate surface area is 194 Å². The Balaban J connectivity index is 0.00000306. The van der Waals surface area contributed by atoms with Crippen LogP contribution in [-0.4, -0.2) is 37.7 Å². The third kappa shape index (κ3) is 5.11. The van der Waals surface area contributed by atoms with E-state index in [4.69, 9.17) is 0 Å². The molecule has 174 valence electrons. The molecule has 0 spiro atoms. The van der Waals surface area contributed by atoms with Gasteiger partial charge in [0.15, 0.2) is 0 Å². The van der Waals surface area contributed by atoms with E-state index in [0.717, 1.165) is 39.7 Å². The van der Waals surface area contributed by atoms with Crippen molar-refractivity contribution in [2.45, 2.75) is 20.0 Å². The highest BCUT2D eigenvalue weighted by molar-refractivity contribution is 5.90. The number of hydrogen-bond acceptors (Lipinski definition) is 3. The highest BCUT2D eigenvalue weighted by Gasteiger charge is 2.27. The van der Waals surface area contributed by atoms with Gasteiger partial charge in [0, 0.05) is 35.8 Å². The van der Waals surface area contributed by atoms with Crippen molar-refractivity contribution in [3.05, 3.63) is 60.3 Å². The molecule has 0 unspecified atom stereocenters. The van der Waals surface area contributed by atoms with Crippen LogP contribution < -0.4 is 10.6 Å². The maximum Gasteiger partial charge on any atom is 0.405 e. The normalized spacial score (nSPS) is 11.3. The van der Waals surface area contributed by atoms with Gasteiger partial charge in [-0.05, 0) is 38.1 Å². The fourth-order valence-corrected chi connectivity index (χ4v) is 3.45. The number of carbonyl (C=O) groups excluding carboxylic acids is 1. The molecular formula is C22H22ClF3N6O. The largest absolute Gasteiger partial charge is 0.405 e. The first-order valence-corrected chi connectivity index (χ1v) is 9.82. The van der Waals surface area contributed by atoms with E-state index >= 15 is 0 Å². The number of nitrogens with one attached hydrogen (secondary N) is 2. The summed E-state index contributed by atoms with van der Waals surface area (Å²) in [5.41, 5.74) is 5.53. The molecule has 4 aromatic rings. The zero-order chi connectivity index (χ0) is 23.0. The van der Waals surface area contributed by atoms with E-state index in [1.54, 1.807) is 29.7 Å². The van der Waals surface area contributed by atoms with Gasteiger partial charge in [-0.3, -0.25) is 4.40 Å². The van der Waals surface area contributed by atoms with Crippen LogP contribution in [0.3, 0.4) is 0 Å². The van der Waals surface area contributed by atoms with Crippen molar-refractivity contribution in [3.8, 4) is 22.5 Å². The van der Waals surface area contributed by atoms with Crippen molar-refractivity contribution in [2.75, 3.05) is 11.9 Å². The molecule has 0 radical (unpaired) electrons. The molecular weight excluding hydrogens is 457 g/mol. The summed E-state index contributed by atoms with van der Waals surface area (Å²) in [4.78, 5) is 20.9. The number of urea groups is 1. The lowest BCUT2D eigenvalue weighted by molar-refractivity contribution is -0.122. The molecule has 4 rings (SSSR count). The summed E-state index contributed by atoms with van der Waals surface area (Å²) in [5.74, 6) is 0.921. The van der Waals surface area contributed by atoms with Gasteiger partial charge in [-0.25, -0.2) is 14.8 Å². The van der Waals surface area contributed by atoms with Crippen LogP contribution in [0.1, 0.15) is 11.5 Å². The first kappa shape index (κ1) is 24.1. The third-order valence-electron chi connectivity index (χ3n) is 5.26. The number of fused-ring (bicyclic) bond motifs is 1. The molecule has 0 atom stereocenters. The fraction of sp³-hybridized carbons (Fsp3) is 0.227. The quantitative estimate of drug-likeness (QED) is 0.427. The van der Waals surface area contributed by atoms with Gasteiger partial charge >= 0.3 is 12.2 Å². The van der Waals surface area contributed by atoms with Crippen molar-refractivity contribution in [1.82, 2.24) is 24.3 Å². The summed E-state index contributed by atoms with van der Waals surface area (Å²) in [5, 5.41) is 4.21. The maximum absolute atomic E-state index is 12.3. The van der Waals surface area contributed by atoms with Crippen LogP contribution in [0.4, 0.5) is 23.7 Å². The van der Waals surface area contributed by atoms with Gasteiger partial charge < -0.3 is 15.2 Å². The van der Waals surface area contributed by atoms with Crippen LogP contribution in [0.15, 0.2) is 48.8 Å². The Bertz CT molecular complexity index is 1310. The van der Waals surface area contributed by atoms with Crippen LogP contribution >= 0.6 is 12.4 Å². The maximum atomic E-state index is 12.3. The number of benzene rings is 1. The fourth-order valence-electron chi connectivity index (χ4n) is 3.45. The Morgan fingerprint density at radius 1 is 1.12 bits per heavy atom. The number of aryl methyl sites for hydroxylation is 1. The summed E-state index contributed by atoms with van der Waals surface area (Å²) in [6.07, 6.45) is -0.869. The van der Waals surface area contributed by atoms with Crippen LogP contribution in [-0.2, 0) is 7.05 Å². The van der Waals surface area contributed by atoms with Crippen LogP contribution in [0, 0.1) is 13.8 Å². The zero-order valence-electron chi connectivity index (χ0n) is 18.1. The van der Waals surface area contributed by atoms with Crippen LogP contribution in [0.5, 0.6) is 0 Å². The van der Waals surface area contributed by atoms with E-state index in [1.807, 2.05) is 54.3 Å². The molecule has 2 N–H and O–H groups in total. The number of nitrogens with zero attached hydrogens (tertiary/aromatic N) is 4. The second-order valence-corrected chi connectivity index (χ2v) is 7.44. The second kappa shape index (κ2) is 9.14. The minimum absolute atomic E-state index is 0.